The third kappa shape index (κ3) is 4.73. The first kappa shape index (κ1) is 14.2. The fourth-order valence-corrected chi connectivity index (χ4v) is 2.09. The predicted molar refractivity (Wildman–Crippen MR) is 75.9 cm³/mol. The first-order valence-electron chi connectivity index (χ1n) is 6.03. The second-order valence-corrected chi connectivity index (χ2v) is 5.25. The summed E-state index contributed by atoms with van der Waals surface area (Å²) in [6, 6.07) is 11.6. The van der Waals surface area contributed by atoms with Crippen LogP contribution in [0.3, 0.4) is 0 Å². The first-order valence-corrected chi connectivity index (χ1v) is 6.83. The van der Waals surface area contributed by atoms with Crippen LogP contribution in [-0.2, 0) is 13.0 Å². The highest BCUT2D eigenvalue weighted by Crippen LogP contribution is 2.10. The Bertz CT molecular complexity index is 520. The number of benzene rings is 2. The fraction of sp³-hybridized carbons (Fsp3) is 0.200. The minimum Gasteiger partial charge on any atom is -0.312 e. The van der Waals surface area contributed by atoms with Crippen LogP contribution in [0.5, 0.6) is 0 Å². The van der Waals surface area contributed by atoms with Crippen LogP contribution < -0.4 is 5.32 Å². The van der Waals surface area contributed by atoms with Crippen LogP contribution in [-0.4, -0.2) is 6.54 Å². The normalized spacial score (nSPS) is 10.7. The molecule has 0 unspecified atom stereocenters. The second-order valence-electron chi connectivity index (χ2n) is 4.33. The van der Waals surface area contributed by atoms with Gasteiger partial charge in [0, 0.05) is 17.1 Å². The smallest absolute Gasteiger partial charge is 0.126 e. The second kappa shape index (κ2) is 6.78. The lowest BCUT2D eigenvalue weighted by atomic mass is 10.1. The van der Waals surface area contributed by atoms with E-state index in [1.165, 1.54) is 17.7 Å². The lowest BCUT2D eigenvalue weighted by Crippen LogP contribution is -2.16. The van der Waals surface area contributed by atoms with E-state index in [9.17, 15) is 8.78 Å². The van der Waals surface area contributed by atoms with Gasteiger partial charge in [0.05, 0.1) is 0 Å². The van der Waals surface area contributed by atoms with Crippen LogP contribution in [0.15, 0.2) is 46.9 Å². The maximum absolute atomic E-state index is 13.0. The van der Waals surface area contributed by atoms with Crippen molar-refractivity contribution in [1.29, 1.82) is 0 Å². The predicted octanol–water partition coefficient (Wildman–Crippen LogP) is 4.06. The molecule has 2 rings (SSSR count). The Morgan fingerprint density at radius 1 is 0.895 bits per heavy atom. The molecule has 0 amide bonds. The van der Waals surface area contributed by atoms with Gasteiger partial charge in [0.25, 0.3) is 0 Å². The standard InChI is InChI=1S/C15H14BrF2N/c16-13-3-1-11(2-4-13)10-19-6-5-12-7-14(17)9-15(18)8-12/h1-4,7-9,19H,5-6,10H2. The fourth-order valence-electron chi connectivity index (χ4n) is 1.82. The zero-order valence-corrected chi connectivity index (χ0v) is 11.9. The van der Waals surface area contributed by atoms with Crippen LogP contribution in [0.1, 0.15) is 11.1 Å². The molecule has 100 valence electrons. The monoisotopic (exact) mass is 325 g/mol. The van der Waals surface area contributed by atoms with E-state index in [4.69, 9.17) is 0 Å². The summed E-state index contributed by atoms with van der Waals surface area (Å²) in [5.41, 5.74) is 1.84. The molecule has 0 spiro atoms. The molecule has 0 aliphatic carbocycles. The Morgan fingerprint density at radius 2 is 1.53 bits per heavy atom. The Labute approximate surface area is 119 Å². The first-order chi connectivity index (χ1) is 9.13. The topological polar surface area (TPSA) is 12.0 Å². The molecular weight excluding hydrogens is 312 g/mol. The van der Waals surface area contributed by atoms with E-state index in [1.807, 2.05) is 24.3 Å². The molecule has 0 fully saturated rings. The summed E-state index contributed by atoms with van der Waals surface area (Å²) < 4.78 is 27.0. The van der Waals surface area contributed by atoms with Crippen molar-refractivity contribution in [3.05, 3.63) is 69.7 Å². The zero-order valence-electron chi connectivity index (χ0n) is 10.3. The van der Waals surface area contributed by atoms with Crippen molar-refractivity contribution < 1.29 is 8.78 Å². The van der Waals surface area contributed by atoms with Crippen LogP contribution in [0.4, 0.5) is 8.78 Å². The number of halogens is 3. The Balaban J connectivity index is 1.79. The summed E-state index contributed by atoms with van der Waals surface area (Å²) in [5, 5.41) is 3.25. The average Bonchev–Trinajstić information content (AvgIpc) is 2.36. The Hall–Kier alpha value is -1.26. The van der Waals surface area contributed by atoms with Crippen LogP contribution >= 0.6 is 15.9 Å². The van der Waals surface area contributed by atoms with Gasteiger partial charge in [-0.2, -0.15) is 0 Å². The minimum atomic E-state index is -0.525. The molecule has 4 heteroatoms. The van der Waals surface area contributed by atoms with E-state index in [2.05, 4.69) is 21.2 Å². The van der Waals surface area contributed by atoms with Crippen molar-refractivity contribution in [2.75, 3.05) is 6.54 Å². The van der Waals surface area contributed by atoms with Gasteiger partial charge in [-0.15, -0.1) is 0 Å². The van der Waals surface area contributed by atoms with Crippen LogP contribution in [0.2, 0.25) is 0 Å². The summed E-state index contributed by atoms with van der Waals surface area (Å²) in [6.07, 6.45) is 0.602. The zero-order chi connectivity index (χ0) is 13.7. The highest BCUT2D eigenvalue weighted by atomic mass is 79.9. The molecule has 19 heavy (non-hydrogen) atoms. The maximum atomic E-state index is 13.0. The third-order valence-corrected chi connectivity index (χ3v) is 3.28. The van der Waals surface area contributed by atoms with E-state index in [0.29, 0.717) is 18.5 Å². The molecule has 0 saturated carbocycles. The van der Waals surface area contributed by atoms with Gasteiger partial charge in [-0.1, -0.05) is 28.1 Å². The molecule has 2 aromatic carbocycles. The lowest BCUT2D eigenvalue weighted by Gasteiger charge is -2.06. The molecule has 0 bridgehead atoms. The van der Waals surface area contributed by atoms with Gasteiger partial charge in [0.2, 0.25) is 0 Å². The summed E-state index contributed by atoms with van der Waals surface area (Å²) in [7, 11) is 0. The molecule has 2 aromatic rings. The SMILES string of the molecule is Fc1cc(F)cc(CCNCc2ccc(Br)cc2)c1. The van der Waals surface area contributed by atoms with Gasteiger partial charge < -0.3 is 5.32 Å². The summed E-state index contributed by atoms with van der Waals surface area (Å²) in [6.45, 7) is 1.42. The van der Waals surface area contributed by atoms with E-state index in [0.717, 1.165) is 17.1 Å². The molecule has 0 aliphatic heterocycles. The van der Waals surface area contributed by atoms with Gasteiger partial charge >= 0.3 is 0 Å². The molecule has 0 radical (unpaired) electrons. The Kier molecular flexibility index (Phi) is 5.05. The summed E-state index contributed by atoms with van der Waals surface area (Å²) in [5.74, 6) is -1.05. The maximum Gasteiger partial charge on any atom is 0.126 e. The molecular formula is C15H14BrF2N. The van der Waals surface area contributed by atoms with Crippen molar-refractivity contribution in [2.24, 2.45) is 0 Å². The molecule has 0 aliphatic rings. The molecule has 1 N–H and O–H groups in total. The van der Waals surface area contributed by atoms with Gasteiger partial charge in [-0.05, 0) is 48.4 Å². The highest BCUT2D eigenvalue weighted by Gasteiger charge is 2.00. The number of hydrogen-bond acceptors (Lipinski definition) is 1. The van der Waals surface area contributed by atoms with Crippen LogP contribution in [0, 0.1) is 11.6 Å². The molecule has 0 aromatic heterocycles. The van der Waals surface area contributed by atoms with Crippen molar-refractivity contribution in [3.63, 3.8) is 0 Å². The van der Waals surface area contributed by atoms with Crippen molar-refractivity contribution >= 4 is 15.9 Å². The van der Waals surface area contributed by atoms with Gasteiger partial charge in [0.15, 0.2) is 0 Å². The van der Waals surface area contributed by atoms with Crippen molar-refractivity contribution in [1.82, 2.24) is 5.32 Å². The lowest BCUT2D eigenvalue weighted by molar-refractivity contribution is 0.577. The molecule has 1 nitrogen and oxygen atoms in total. The van der Waals surface area contributed by atoms with E-state index in [-0.39, 0.29) is 0 Å². The van der Waals surface area contributed by atoms with Crippen LogP contribution in [0.25, 0.3) is 0 Å². The quantitative estimate of drug-likeness (QED) is 0.817. The van der Waals surface area contributed by atoms with Crippen molar-refractivity contribution in [2.45, 2.75) is 13.0 Å². The summed E-state index contributed by atoms with van der Waals surface area (Å²) >= 11 is 3.38. The number of nitrogens with one attached hydrogen (secondary N) is 1. The largest absolute Gasteiger partial charge is 0.312 e. The third-order valence-electron chi connectivity index (χ3n) is 2.76. The van der Waals surface area contributed by atoms with E-state index >= 15 is 0 Å². The van der Waals surface area contributed by atoms with E-state index in [1.54, 1.807) is 0 Å². The molecule has 0 saturated heterocycles. The average molecular weight is 326 g/mol. The van der Waals surface area contributed by atoms with Gasteiger partial charge in [0.1, 0.15) is 11.6 Å². The minimum absolute atomic E-state index is 0.525. The highest BCUT2D eigenvalue weighted by molar-refractivity contribution is 9.10. The van der Waals surface area contributed by atoms with Gasteiger partial charge in [-0.25, -0.2) is 8.78 Å². The van der Waals surface area contributed by atoms with E-state index < -0.39 is 11.6 Å². The number of rotatable bonds is 5. The Morgan fingerprint density at radius 3 is 2.16 bits per heavy atom. The van der Waals surface area contributed by atoms with Crippen molar-refractivity contribution in [3.8, 4) is 0 Å². The number of hydrogen-bond donors (Lipinski definition) is 1. The molecule has 0 atom stereocenters. The molecule has 0 heterocycles. The summed E-state index contributed by atoms with van der Waals surface area (Å²) in [4.78, 5) is 0. The van der Waals surface area contributed by atoms with Gasteiger partial charge in [-0.3, -0.25) is 0 Å².